The summed E-state index contributed by atoms with van der Waals surface area (Å²) in [5.41, 5.74) is 1.31. The van der Waals surface area contributed by atoms with Gasteiger partial charge in [0, 0.05) is 23.7 Å². The van der Waals surface area contributed by atoms with Gasteiger partial charge in [0.1, 0.15) is 5.82 Å². The third-order valence-electron chi connectivity index (χ3n) is 3.73. The second kappa shape index (κ2) is 9.77. The summed E-state index contributed by atoms with van der Waals surface area (Å²) in [6, 6.07) is 12.2. The van der Waals surface area contributed by atoms with E-state index in [0.717, 1.165) is 5.56 Å². The predicted molar refractivity (Wildman–Crippen MR) is 99.8 cm³/mol. The number of hydrogen-bond acceptors (Lipinski definition) is 2. The minimum Gasteiger partial charge on any atom is -0.352 e. The van der Waals surface area contributed by atoms with Gasteiger partial charge in [0.05, 0.1) is 6.04 Å². The molecular formula is C19H21ClFN3O2. The number of rotatable bonds is 7. The van der Waals surface area contributed by atoms with Gasteiger partial charge >= 0.3 is 6.03 Å². The maximum atomic E-state index is 12.8. The Kier molecular flexibility index (Phi) is 7.41. The van der Waals surface area contributed by atoms with E-state index in [1.54, 1.807) is 12.1 Å². The zero-order valence-corrected chi connectivity index (χ0v) is 15.1. The van der Waals surface area contributed by atoms with Crippen molar-refractivity contribution in [3.05, 3.63) is 70.5 Å². The molecule has 26 heavy (non-hydrogen) atoms. The van der Waals surface area contributed by atoms with Gasteiger partial charge in [-0.1, -0.05) is 23.7 Å². The predicted octanol–water partition coefficient (Wildman–Crippen LogP) is 3.66. The van der Waals surface area contributed by atoms with Crippen LogP contribution in [0.3, 0.4) is 0 Å². The Labute approximate surface area is 156 Å². The van der Waals surface area contributed by atoms with E-state index >= 15 is 0 Å². The normalized spacial score (nSPS) is 11.5. The zero-order chi connectivity index (χ0) is 18.9. The number of amides is 3. The highest BCUT2D eigenvalue weighted by Crippen LogP contribution is 2.17. The van der Waals surface area contributed by atoms with Crippen molar-refractivity contribution in [2.45, 2.75) is 19.4 Å². The van der Waals surface area contributed by atoms with Gasteiger partial charge in [-0.15, -0.1) is 0 Å². The lowest BCUT2D eigenvalue weighted by atomic mass is 10.1. The van der Waals surface area contributed by atoms with Crippen molar-refractivity contribution in [1.82, 2.24) is 16.0 Å². The first-order valence-electron chi connectivity index (χ1n) is 8.29. The van der Waals surface area contributed by atoms with Crippen LogP contribution in [0.4, 0.5) is 9.18 Å². The maximum Gasteiger partial charge on any atom is 0.315 e. The number of halogens is 2. The second-order valence-corrected chi connectivity index (χ2v) is 6.23. The van der Waals surface area contributed by atoms with Crippen molar-refractivity contribution < 1.29 is 14.0 Å². The van der Waals surface area contributed by atoms with Crippen molar-refractivity contribution in [2.24, 2.45) is 0 Å². The van der Waals surface area contributed by atoms with E-state index in [9.17, 15) is 14.0 Å². The fraction of sp³-hybridized carbons (Fsp3) is 0.263. The largest absolute Gasteiger partial charge is 0.352 e. The molecule has 0 saturated heterocycles. The van der Waals surface area contributed by atoms with Gasteiger partial charge in [0.15, 0.2) is 0 Å². The average molecular weight is 378 g/mol. The lowest BCUT2D eigenvalue weighted by Crippen LogP contribution is -2.38. The van der Waals surface area contributed by atoms with Crippen molar-refractivity contribution in [2.75, 3.05) is 13.1 Å². The van der Waals surface area contributed by atoms with E-state index in [1.807, 2.05) is 19.1 Å². The molecule has 0 fully saturated rings. The van der Waals surface area contributed by atoms with Gasteiger partial charge in [0.25, 0.3) is 5.91 Å². The first-order chi connectivity index (χ1) is 12.5. The topological polar surface area (TPSA) is 70.2 Å². The summed E-state index contributed by atoms with van der Waals surface area (Å²) in [6.07, 6.45) is 0.575. The van der Waals surface area contributed by atoms with Crippen LogP contribution in [0, 0.1) is 5.82 Å². The summed E-state index contributed by atoms with van der Waals surface area (Å²) in [5, 5.41) is 8.89. The number of carbonyl (C=O) groups excluding carboxylic acids is 2. The average Bonchev–Trinajstić information content (AvgIpc) is 2.61. The molecule has 0 bridgehead atoms. The van der Waals surface area contributed by atoms with Crippen LogP contribution in [0.2, 0.25) is 5.02 Å². The summed E-state index contributed by atoms with van der Waals surface area (Å²) in [5.74, 6) is -0.659. The van der Waals surface area contributed by atoms with Crippen molar-refractivity contribution >= 4 is 23.5 Å². The number of urea groups is 1. The van der Waals surface area contributed by atoms with Crippen molar-refractivity contribution in [3.63, 3.8) is 0 Å². The van der Waals surface area contributed by atoms with Gasteiger partial charge in [-0.2, -0.15) is 0 Å². The molecule has 0 aliphatic rings. The highest BCUT2D eigenvalue weighted by molar-refractivity contribution is 6.30. The molecule has 2 aromatic carbocycles. The van der Waals surface area contributed by atoms with Crippen LogP contribution in [-0.2, 0) is 0 Å². The molecular weight excluding hydrogens is 357 g/mol. The van der Waals surface area contributed by atoms with Crippen molar-refractivity contribution in [1.29, 1.82) is 0 Å². The number of nitrogens with one attached hydrogen (secondary N) is 3. The summed E-state index contributed by atoms with van der Waals surface area (Å²) in [4.78, 5) is 23.7. The SMILES string of the molecule is CC(NC(=O)NCCCNC(=O)c1ccc(F)cc1)c1cccc(Cl)c1. The highest BCUT2D eigenvalue weighted by atomic mass is 35.5. The molecule has 0 aromatic heterocycles. The molecule has 2 aromatic rings. The number of carbonyl (C=O) groups is 2. The summed E-state index contributed by atoms with van der Waals surface area (Å²) in [6.45, 7) is 2.69. The minimum absolute atomic E-state index is 0.174. The Balaban J connectivity index is 1.64. The number of hydrogen-bond donors (Lipinski definition) is 3. The molecule has 1 atom stereocenters. The molecule has 7 heteroatoms. The molecule has 5 nitrogen and oxygen atoms in total. The lowest BCUT2D eigenvalue weighted by Gasteiger charge is -2.15. The monoisotopic (exact) mass is 377 g/mol. The van der Waals surface area contributed by atoms with Crippen LogP contribution >= 0.6 is 11.6 Å². The van der Waals surface area contributed by atoms with Crippen LogP contribution in [0.15, 0.2) is 48.5 Å². The Morgan fingerprint density at radius 2 is 1.77 bits per heavy atom. The van der Waals surface area contributed by atoms with Crippen LogP contribution in [-0.4, -0.2) is 25.0 Å². The molecule has 2 rings (SSSR count). The molecule has 1 unspecified atom stereocenters. The molecule has 3 N–H and O–H groups in total. The molecule has 0 heterocycles. The molecule has 0 radical (unpaired) electrons. The van der Waals surface area contributed by atoms with Crippen LogP contribution < -0.4 is 16.0 Å². The lowest BCUT2D eigenvalue weighted by molar-refractivity contribution is 0.0953. The molecule has 138 valence electrons. The molecule has 0 saturated carbocycles. The fourth-order valence-corrected chi connectivity index (χ4v) is 2.50. The van der Waals surface area contributed by atoms with E-state index in [1.165, 1.54) is 24.3 Å². The Morgan fingerprint density at radius 3 is 2.46 bits per heavy atom. The number of benzene rings is 2. The van der Waals surface area contributed by atoms with Crippen LogP contribution in [0.25, 0.3) is 0 Å². The Bertz CT molecular complexity index is 753. The quantitative estimate of drug-likeness (QED) is 0.644. The van der Waals surface area contributed by atoms with E-state index in [2.05, 4.69) is 16.0 Å². The third kappa shape index (κ3) is 6.37. The zero-order valence-electron chi connectivity index (χ0n) is 14.4. The Hall–Kier alpha value is -2.60. The van der Waals surface area contributed by atoms with Crippen LogP contribution in [0.5, 0.6) is 0 Å². The highest BCUT2D eigenvalue weighted by Gasteiger charge is 2.09. The van der Waals surface area contributed by atoms with Crippen molar-refractivity contribution in [3.8, 4) is 0 Å². The first-order valence-corrected chi connectivity index (χ1v) is 8.67. The van der Waals surface area contributed by atoms with Gasteiger partial charge < -0.3 is 16.0 Å². The summed E-state index contributed by atoms with van der Waals surface area (Å²) >= 11 is 5.94. The first kappa shape index (κ1) is 19.7. The smallest absolute Gasteiger partial charge is 0.315 e. The molecule has 0 aliphatic carbocycles. The third-order valence-corrected chi connectivity index (χ3v) is 3.96. The maximum absolute atomic E-state index is 12.8. The molecule has 3 amide bonds. The van der Waals surface area contributed by atoms with E-state index in [4.69, 9.17) is 11.6 Å². The van der Waals surface area contributed by atoms with Gasteiger partial charge in [0.2, 0.25) is 0 Å². The van der Waals surface area contributed by atoms with E-state index < -0.39 is 0 Å². The van der Waals surface area contributed by atoms with E-state index in [-0.39, 0.29) is 23.8 Å². The molecule has 0 spiro atoms. The van der Waals surface area contributed by atoms with Gasteiger partial charge in [-0.25, -0.2) is 9.18 Å². The summed E-state index contributed by atoms with van der Waals surface area (Å²) in [7, 11) is 0. The van der Waals surface area contributed by atoms with Gasteiger partial charge in [-0.3, -0.25) is 4.79 Å². The summed E-state index contributed by atoms with van der Waals surface area (Å²) < 4.78 is 12.8. The second-order valence-electron chi connectivity index (χ2n) is 5.79. The minimum atomic E-state index is -0.385. The fourth-order valence-electron chi connectivity index (χ4n) is 2.30. The van der Waals surface area contributed by atoms with Crippen LogP contribution in [0.1, 0.15) is 35.3 Å². The molecule has 0 aliphatic heterocycles. The van der Waals surface area contributed by atoms with Gasteiger partial charge in [-0.05, 0) is 55.3 Å². The Morgan fingerprint density at radius 1 is 1.08 bits per heavy atom. The van der Waals surface area contributed by atoms with E-state index in [0.29, 0.717) is 30.1 Å². The standard InChI is InChI=1S/C19H21ClFN3O2/c1-13(15-4-2-5-16(20)12-15)24-19(26)23-11-3-10-22-18(25)14-6-8-17(21)9-7-14/h2,4-9,12-13H,3,10-11H2,1H3,(H,22,25)(H2,23,24,26).